The molecule has 82 valence electrons. The maximum Gasteiger partial charge on any atom is 0.0468 e. The molecule has 0 unspecified atom stereocenters. The van der Waals surface area contributed by atoms with Crippen molar-refractivity contribution >= 4 is 0 Å². The van der Waals surface area contributed by atoms with Gasteiger partial charge in [-0.2, -0.15) is 0 Å². The Bertz CT molecular complexity index is 280. The monoisotopic (exact) mass is 205 g/mol. The normalized spacial score (nSPS) is 20.1. The summed E-state index contributed by atoms with van der Waals surface area (Å²) in [6.07, 6.45) is 3.43. The van der Waals surface area contributed by atoms with Crippen LogP contribution in [-0.2, 0) is 4.74 Å². The fourth-order valence-corrected chi connectivity index (χ4v) is 2.18. The minimum absolute atomic E-state index is 0.189. The molecule has 0 bridgehead atoms. The van der Waals surface area contributed by atoms with Gasteiger partial charge in [-0.15, -0.1) is 0 Å². The first-order valence-electron chi connectivity index (χ1n) is 5.74. The second kappa shape index (κ2) is 5.29. The average molecular weight is 205 g/mol. The van der Waals surface area contributed by atoms with Gasteiger partial charge in [-0.05, 0) is 30.7 Å². The van der Waals surface area contributed by atoms with Crippen LogP contribution < -0.4 is 5.73 Å². The summed E-state index contributed by atoms with van der Waals surface area (Å²) in [5.41, 5.74) is 7.44. The van der Waals surface area contributed by atoms with Gasteiger partial charge in [0.2, 0.25) is 0 Å². The Labute approximate surface area is 91.4 Å². The summed E-state index contributed by atoms with van der Waals surface area (Å²) >= 11 is 0. The van der Waals surface area contributed by atoms with Crippen LogP contribution in [0.3, 0.4) is 0 Å². The molecule has 1 aromatic carbocycles. The van der Waals surface area contributed by atoms with Gasteiger partial charge in [0.25, 0.3) is 0 Å². The number of rotatable bonds is 3. The molecule has 0 aliphatic carbocycles. The molecular weight excluding hydrogens is 186 g/mol. The van der Waals surface area contributed by atoms with Gasteiger partial charge < -0.3 is 10.5 Å². The molecule has 15 heavy (non-hydrogen) atoms. The third-order valence-corrected chi connectivity index (χ3v) is 3.16. The van der Waals surface area contributed by atoms with Crippen molar-refractivity contribution in [1.82, 2.24) is 0 Å². The molecule has 1 saturated heterocycles. The first kappa shape index (κ1) is 10.7. The van der Waals surface area contributed by atoms with Crippen molar-refractivity contribution in [3.63, 3.8) is 0 Å². The smallest absolute Gasteiger partial charge is 0.0468 e. The lowest BCUT2D eigenvalue weighted by Crippen LogP contribution is -2.21. The number of benzene rings is 1. The maximum atomic E-state index is 6.19. The van der Waals surface area contributed by atoms with Crippen LogP contribution in [0.2, 0.25) is 0 Å². The summed E-state index contributed by atoms with van der Waals surface area (Å²) in [5.74, 6) is 0.744. The molecule has 2 rings (SSSR count). The van der Waals surface area contributed by atoms with E-state index >= 15 is 0 Å². The molecule has 2 nitrogen and oxygen atoms in total. The van der Waals surface area contributed by atoms with Crippen LogP contribution in [0.5, 0.6) is 0 Å². The predicted octanol–water partition coefficient (Wildman–Crippen LogP) is 2.50. The lowest BCUT2D eigenvalue weighted by molar-refractivity contribution is 0.0618. The van der Waals surface area contributed by atoms with Gasteiger partial charge in [0.1, 0.15) is 0 Å². The molecule has 0 radical (unpaired) electrons. The van der Waals surface area contributed by atoms with Gasteiger partial charge in [0.15, 0.2) is 0 Å². The number of ether oxygens (including phenoxy) is 1. The predicted molar refractivity (Wildman–Crippen MR) is 61.5 cm³/mol. The van der Waals surface area contributed by atoms with Crippen molar-refractivity contribution in [2.75, 3.05) is 13.2 Å². The van der Waals surface area contributed by atoms with Crippen LogP contribution in [0.15, 0.2) is 30.3 Å². The van der Waals surface area contributed by atoms with Crippen molar-refractivity contribution in [3.8, 4) is 0 Å². The molecule has 2 heteroatoms. The van der Waals surface area contributed by atoms with E-state index in [1.807, 2.05) is 6.07 Å². The minimum Gasteiger partial charge on any atom is -0.381 e. The Hall–Kier alpha value is -0.860. The second-order valence-corrected chi connectivity index (χ2v) is 4.31. The maximum absolute atomic E-state index is 6.19. The fourth-order valence-electron chi connectivity index (χ4n) is 2.18. The lowest BCUT2D eigenvalue weighted by atomic mass is 9.90. The summed E-state index contributed by atoms with van der Waals surface area (Å²) in [6.45, 7) is 1.82. The summed E-state index contributed by atoms with van der Waals surface area (Å²) in [7, 11) is 0. The topological polar surface area (TPSA) is 35.2 Å². The first-order valence-corrected chi connectivity index (χ1v) is 5.74. The highest BCUT2D eigenvalue weighted by Crippen LogP contribution is 2.25. The molecule has 0 spiro atoms. The number of hydrogen-bond acceptors (Lipinski definition) is 2. The summed E-state index contributed by atoms with van der Waals surface area (Å²) in [4.78, 5) is 0. The van der Waals surface area contributed by atoms with Gasteiger partial charge in [-0.3, -0.25) is 0 Å². The van der Waals surface area contributed by atoms with Crippen molar-refractivity contribution in [3.05, 3.63) is 35.9 Å². The van der Waals surface area contributed by atoms with Crippen molar-refractivity contribution in [2.45, 2.75) is 25.3 Å². The van der Waals surface area contributed by atoms with E-state index in [-0.39, 0.29) is 6.04 Å². The molecular formula is C13H19NO. The number of nitrogens with two attached hydrogens (primary N) is 1. The van der Waals surface area contributed by atoms with E-state index in [1.165, 1.54) is 18.4 Å². The van der Waals surface area contributed by atoms with Gasteiger partial charge in [-0.25, -0.2) is 0 Å². The van der Waals surface area contributed by atoms with E-state index in [4.69, 9.17) is 10.5 Å². The molecule has 1 atom stereocenters. The highest BCUT2D eigenvalue weighted by atomic mass is 16.5. The summed E-state index contributed by atoms with van der Waals surface area (Å²) in [6, 6.07) is 10.6. The Morgan fingerprint density at radius 3 is 2.53 bits per heavy atom. The molecule has 1 aromatic rings. The Morgan fingerprint density at radius 1 is 1.20 bits per heavy atom. The third-order valence-electron chi connectivity index (χ3n) is 3.16. The van der Waals surface area contributed by atoms with Crippen LogP contribution in [0, 0.1) is 5.92 Å². The van der Waals surface area contributed by atoms with Crippen LogP contribution >= 0.6 is 0 Å². The standard InChI is InChI=1S/C13H19NO/c14-13(12-4-2-1-3-5-12)10-11-6-8-15-9-7-11/h1-5,11,13H,6-10,14H2/t13-/m0/s1. The first-order chi connectivity index (χ1) is 7.36. The van der Waals surface area contributed by atoms with E-state index in [1.54, 1.807) is 0 Å². The Morgan fingerprint density at radius 2 is 1.87 bits per heavy atom. The van der Waals surface area contributed by atoms with Gasteiger partial charge in [0, 0.05) is 19.3 Å². The zero-order valence-corrected chi connectivity index (χ0v) is 9.06. The summed E-state index contributed by atoms with van der Waals surface area (Å²) < 4.78 is 5.35. The fraction of sp³-hybridized carbons (Fsp3) is 0.538. The second-order valence-electron chi connectivity index (χ2n) is 4.31. The Kier molecular flexibility index (Phi) is 3.75. The molecule has 1 aliphatic rings. The highest BCUT2D eigenvalue weighted by molar-refractivity contribution is 5.18. The quantitative estimate of drug-likeness (QED) is 0.823. The SMILES string of the molecule is N[C@@H](CC1CCOCC1)c1ccccc1. The van der Waals surface area contributed by atoms with Gasteiger partial charge >= 0.3 is 0 Å². The largest absolute Gasteiger partial charge is 0.381 e. The van der Waals surface area contributed by atoms with E-state index in [0.717, 1.165) is 25.6 Å². The molecule has 1 heterocycles. The number of hydrogen-bond donors (Lipinski definition) is 1. The van der Waals surface area contributed by atoms with E-state index < -0.39 is 0 Å². The van der Waals surface area contributed by atoms with Crippen LogP contribution in [0.1, 0.15) is 30.9 Å². The average Bonchev–Trinajstić information content (AvgIpc) is 2.31. The van der Waals surface area contributed by atoms with Crippen LogP contribution in [-0.4, -0.2) is 13.2 Å². The highest BCUT2D eigenvalue weighted by Gasteiger charge is 2.17. The van der Waals surface area contributed by atoms with Gasteiger partial charge in [-0.1, -0.05) is 30.3 Å². The zero-order valence-electron chi connectivity index (χ0n) is 9.06. The van der Waals surface area contributed by atoms with Crippen LogP contribution in [0.4, 0.5) is 0 Å². The zero-order chi connectivity index (χ0) is 10.5. The molecule has 2 N–H and O–H groups in total. The molecule has 0 saturated carbocycles. The van der Waals surface area contributed by atoms with Crippen molar-refractivity contribution in [1.29, 1.82) is 0 Å². The lowest BCUT2D eigenvalue weighted by Gasteiger charge is -2.24. The third kappa shape index (κ3) is 3.05. The van der Waals surface area contributed by atoms with Crippen molar-refractivity contribution < 1.29 is 4.74 Å². The van der Waals surface area contributed by atoms with E-state index in [9.17, 15) is 0 Å². The summed E-state index contributed by atoms with van der Waals surface area (Å²) in [5, 5.41) is 0. The molecule has 1 aliphatic heterocycles. The van der Waals surface area contributed by atoms with E-state index in [2.05, 4.69) is 24.3 Å². The van der Waals surface area contributed by atoms with E-state index in [0.29, 0.717) is 0 Å². The molecule has 0 aromatic heterocycles. The molecule has 1 fully saturated rings. The van der Waals surface area contributed by atoms with Gasteiger partial charge in [0.05, 0.1) is 0 Å². The van der Waals surface area contributed by atoms with Crippen molar-refractivity contribution in [2.24, 2.45) is 11.7 Å². The molecule has 0 amide bonds. The van der Waals surface area contributed by atoms with Crippen LogP contribution in [0.25, 0.3) is 0 Å². The minimum atomic E-state index is 0.189. The Balaban J connectivity index is 1.88.